The van der Waals surface area contributed by atoms with Gasteiger partial charge in [0.25, 0.3) is 5.91 Å². The zero-order chi connectivity index (χ0) is 22.9. The number of amides is 3. The molecule has 1 aliphatic rings. The molecule has 3 amide bonds. The first-order valence-corrected chi connectivity index (χ1v) is 10.5. The Hall–Kier alpha value is -4.40. The average molecular weight is 443 g/mol. The molecule has 2 aromatic carbocycles. The fourth-order valence-electron chi connectivity index (χ4n) is 4.03. The molecule has 2 aromatic heterocycles. The second kappa shape index (κ2) is 8.27. The Morgan fingerprint density at radius 1 is 1.00 bits per heavy atom. The Kier molecular flexibility index (Phi) is 5.14. The fraction of sp³-hybridized carbons (Fsp3) is 0.167. The van der Waals surface area contributed by atoms with Gasteiger partial charge in [-0.3, -0.25) is 23.9 Å². The third-order valence-corrected chi connectivity index (χ3v) is 5.44. The molecule has 9 nitrogen and oxygen atoms in total. The predicted octanol–water partition coefficient (Wildman–Crippen LogP) is 3.70. The van der Waals surface area contributed by atoms with Gasteiger partial charge >= 0.3 is 0 Å². The van der Waals surface area contributed by atoms with Crippen LogP contribution < -0.4 is 15.5 Å². The molecule has 0 spiro atoms. The van der Waals surface area contributed by atoms with Crippen molar-refractivity contribution in [1.82, 2.24) is 9.55 Å². The summed E-state index contributed by atoms with van der Waals surface area (Å²) in [5.41, 5.74) is 2.75. The average Bonchev–Trinajstić information content (AvgIpc) is 3.49. The van der Waals surface area contributed by atoms with Gasteiger partial charge in [0.05, 0.1) is 30.3 Å². The molecule has 1 atom stereocenters. The van der Waals surface area contributed by atoms with E-state index in [0.29, 0.717) is 23.1 Å². The normalized spacial score (nSPS) is 15.0. The summed E-state index contributed by atoms with van der Waals surface area (Å²) < 4.78 is 7.24. The molecule has 0 fully saturated rings. The summed E-state index contributed by atoms with van der Waals surface area (Å²) in [6.07, 6.45) is 1.51. The van der Waals surface area contributed by atoms with Crippen LogP contribution in [0.2, 0.25) is 0 Å². The van der Waals surface area contributed by atoms with Crippen LogP contribution in [0, 0.1) is 0 Å². The van der Waals surface area contributed by atoms with Crippen molar-refractivity contribution in [3.63, 3.8) is 0 Å². The van der Waals surface area contributed by atoms with E-state index >= 15 is 0 Å². The van der Waals surface area contributed by atoms with Crippen LogP contribution in [-0.4, -0.2) is 27.3 Å². The van der Waals surface area contributed by atoms with Crippen LogP contribution in [0.4, 0.5) is 17.3 Å². The number of furan rings is 1. The number of imidazole rings is 1. The standard InChI is InChI=1S/C24H21N5O4/c1-15(30)25-16-8-10-17(11-9-16)26-22(31)13-21-23(32)28(14-18-5-4-12-33-18)24-27-19-6-2-3-7-20(19)29(21)24/h2-12,21H,13-14H2,1H3,(H,25,30)(H,26,31)/t21-/m1/s1. The lowest BCUT2D eigenvalue weighted by Crippen LogP contribution is -2.31. The van der Waals surface area contributed by atoms with Crippen LogP contribution >= 0.6 is 0 Å². The summed E-state index contributed by atoms with van der Waals surface area (Å²) in [5.74, 6) is 0.440. The van der Waals surface area contributed by atoms with E-state index in [-0.39, 0.29) is 30.7 Å². The summed E-state index contributed by atoms with van der Waals surface area (Å²) in [6.45, 7) is 1.66. The van der Waals surface area contributed by atoms with Gasteiger partial charge < -0.3 is 15.1 Å². The molecule has 33 heavy (non-hydrogen) atoms. The minimum Gasteiger partial charge on any atom is -0.467 e. The highest BCUT2D eigenvalue weighted by atomic mass is 16.3. The molecule has 3 heterocycles. The predicted molar refractivity (Wildman–Crippen MR) is 123 cm³/mol. The van der Waals surface area contributed by atoms with E-state index in [9.17, 15) is 14.4 Å². The van der Waals surface area contributed by atoms with Crippen molar-refractivity contribution in [2.24, 2.45) is 0 Å². The van der Waals surface area contributed by atoms with E-state index in [1.165, 1.54) is 6.92 Å². The summed E-state index contributed by atoms with van der Waals surface area (Å²) in [6, 6.07) is 17.2. The van der Waals surface area contributed by atoms with Gasteiger partial charge in [0.2, 0.25) is 17.8 Å². The lowest BCUT2D eigenvalue weighted by Gasteiger charge is -2.15. The number of carbonyl (C=O) groups excluding carboxylic acids is 3. The third kappa shape index (κ3) is 3.96. The number of para-hydroxylation sites is 2. The molecule has 0 bridgehead atoms. The first-order valence-electron chi connectivity index (χ1n) is 10.5. The van der Waals surface area contributed by atoms with Crippen molar-refractivity contribution in [2.45, 2.75) is 25.9 Å². The molecule has 0 saturated heterocycles. The number of benzene rings is 2. The number of fused-ring (bicyclic) bond motifs is 3. The highest BCUT2D eigenvalue weighted by molar-refractivity contribution is 6.05. The van der Waals surface area contributed by atoms with Crippen molar-refractivity contribution in [2.75, 3.05) is 15.5 Å². The molecule has 5 rings (SSSR count). The molecule has 2 N–H and O–H groups in total. The Bertz CT molecular complexity index is 1340. The molecule has 4 aromatic rings. The van der Waals surface area contributed by atoms with Gasteiger partial charge in [-0.2, -0.15) is 0 Å². The van der Waals surface area contributed by atoms with Crippen molar-refractivity contribution in [1.29, 1.82) is 0 Å². The van der Waals surface area contributed by atoms with E-state index in [1.54, 1.807) is 47.6 Å². The van der Waals surface area contributed by atoms with Crippen LogP contribution in [-0.2, 0) is 20.9 Å². The Morgan fingerprint density at radius 2 is 1.73 bits per heavy atom. The second-order valence-corrected chi connectivity index (χ2v) is 7.80. The van der Waals surface area contributed by atoms with Gasteiger partial charge in [-0.1, -0.05) is 12.1 Å². The number of anilines is 3. The topological polar surface area (TPSA) is 109 Å². The number of hydrogen-bond donors (Lipinski definition) is 2. The number of aromatic nitrogens is 2. The Balaban J connectivity index is 1.39. The van der Waals surface area contributed by atoms with E-state index in [0.717, 1.165) is 11.0 Å². The first kappa shape index (κ1) is 20.5. The molecule has 0 unspecified atom stereocenters. The van der Waals surface area contributed by atoms with Crippen LogP contribution in [0.3, 0.4) is 0 Å². The molecule has 1 aliphatic heterocycles. The van der Waals surface area contributed by atoms with Crippen molar-refractivity contribution in [3.05, 3.63) is 72.7 Å². The number of rotatable bonds is 6. The molecule has 166 valence electrons. The molecular formula is C24H21N5O4. The van der Waals surface area contributed by atoms with Crippen molar-refractivity contribution < 1.29 is 18.8 Å². The highest BCUT2D eigenvalue weighted by Gasteiger charge is 2.41. The van der Waals surface area contributed by atoms with Crippen LogP contribution in [0.15, 0.2) is 71.3 Å². The number of hydrogen-bond acceptors (Lipinski definition) is 5. The Labute approximate surface area is 189 Å². The molecule has 0 saturated carbocycles. The van der Waals surface area contributed by atoms with Gasteiger partial charge in [0.1, 0.15) is 11.8 Å². The van der Waals surface area contributed by atoms with Crippen LogP contribution in [0.1, 0.15) is 25.1 Å². The summed E-state index contributed by atoms with van der Waals surface area (Å²) in [5, 5.41) is 5.50. The van der Waals surface area contributed by atoms with Crippen molar-refractivity contribution >= 4 is 46.1 Å². The number of nitrogens with zero attached hydrogens (tertiary/aromatic N) is 3. The lowest BCUT2D eigenvalue weighted by molar-refractivity contribution is -0.124. The van der Waals surface area contributed by atoms with Gasteiger partial charge in [-0.25, -0.2) is 4.98 Å². The minimum atomic E-state index is -0.721. The maximum Gasteiger partial charge on any atom is 0.253 e. The zero-order valence-corrected chi connectivity index (χ0v) is 17.8. The molecule has 0 radical (unpaired) electrons. The lowest BCUT2D eigenvalue weighted by atomic mass is 10.1. The second-order valence-electron chi connectivity index (χ2n) is 7.80. The highest BCUT2D eigenvalue weighted by Crippen LogP contribution is 2.37. The fourth-order valence-corrected chi connectivity index (χ4v) is 4.03. The first-order chi connectivity index (χ1) is 16.0. The van der Waals surface area contributed by atoms with Gasteiger partial charge in [0, 0.05) is 18.3 Å². The zero-order valence-electron chi connectivity index (χ0n) is 17.8. The van der Waals surface area contributed by atoms with E-state index in [4.69, 9.17) is 4.42 Å². The maximum atomic E-state index is 13.3. The molecule has 0 aliphatic carbocycles. The summed E-state index contributed by atoms with van der Waals surface area (Å²) in [7, 11) is 0. The van der Waals surface area contributed by atoms with Crippen LogP contribution in [0.25, 0.3) is 11.0 Å². The van der Waals surface area contributed by atoms with Crippen molar-refractivity contribution in [3.8, 4) is 0 Å². The van der Waals surface area contributed by atoms with E-state index < -0.39 is 6.04 Å². The monoisotopic (exact) mass is 443 g/mol. The number of nitrogens with one attached hydrogen (secondary N) is 2. The summed E-state index contributed by atoms with van der Waals surface area (Å²) >= 11 is 0. The van der Waals surface area contributed by atoms with Crippen LogP contribution in [0.5, 0.6) is 0 Å². The van der Waals surface area contributed by atoms with Gasteiger partial charge in [-0.05, 0) is 48.5 Å². The van der Waals surface area contributed by atoms with Gasteiger partial charge in [-0.15, -0.1) is 0 Å². The van der Waals surface area contributed by atoms with E-state index in [1.807, 2.05) is 28.8 Å². The largest absolute Gasteiger partial charge is 0.467 e. The van der Waals surface area contributed by atoms with Gasteiger partial charge in [0.15, 0.2) is 0 Å². The summed E-state index contributed by atoms with van der Waals surface area (Å²) in [4.78, 5) is 43.6. The van der Waals surface area contributed by atoms with E-state index in [2.05, 4.69) is 15.6 Å². The maximum absolute atomic E-state index is 13.3. The third-order valence-electron chi connectivity index (χ3n) is 5.44. The SMILES string of the molecule is CC(=O)Nc1ccc(NC(=O)C[C@@H]2C(=O)N(Cc3ccco3)c3nc4ccccc4n32)cc1. The quantitative estimate of drug-likeness (QED) is 0.472. The Morgan fingerprint density at radius 3 is 2.42 bits per heavy atom. The molecular weight excluding hydrogens is 422 g/mol. The molecule has 9 heteroatoms. The minimum absolute atomic E-state index is 0.0473. The number of carbonyl (C=O) groups is 3. The smallest absolute Gasteiger partial charge is 0.253 e.